The summed E-state index contributed by atoms with van der Waals surface area (Å²) in [5.74, 6) is -4.85. The van der Waals surface area contributed by atoms with E-state index >= 15 is 0 Å². The lowest BCUT2D eigenvalue weighted by atomic mass is 9.74. The standard InChI is InChI=1S/C37H56N6O8/c1-20(2)27-14-23(7)41(35(27)49)11-8-38-32(46)24-15-25(33(47)39-9-12-42-30(44)18-28(21(3)4)36(42)50)17-26(16-24)34(48)40-10-13-43-31(45)19-29(22(5)6)37(43)51/h20-22,24-29H,7-19H2,1-6H3,(H,38,46)(H,39,47)(H,40,48)/t24?,25-,26+,27?,28?,29?. The molecule has 3 saturated heterocycles. The van der Waals surface area contributed by atoms with E-state index in [-0.39, 0.29) is 154 Å². The molecule has 3 heterocycles. The van der Waals surface area contributed by atoms with E-state index in [1.807, 2.05) is 41.5 Å². The molecule has 3 aliphatic heterocycles. The van der Waals surface area contributed by atoms with Gasteiger partial charge in [-0.05, 0) is 43.4 Å². The molecule has 4 rings (SSSR count). The van der Waals surface area contributed by atoms with E-state index in [1.54, 1.807) is 4.90 Å². The highest BCUT2D eigenvalue weighted by molar-refractivity contribution is 6.04. The van der Waals surface area contributed by atoms with Crippen LogP contribution in [0.4, 0.5) is 0 Å². The van der Waals surface area contributed by atoms with Crippen LogP contribution in [0.15, 0.2) is 12.3 Å². The summed E-state index contributed by atoms with van der Waals surface area (Å²) in [6.07, 6.45) is 1.44. The predicted molar refractivity (Wildman–Crippen MR) is 186 cm³/mol. The van der Waals surface area contributed by atoms with Crippen LogP contribution >= 0.6 is 0 Å². The average molecular weight is 713 g/mol. The molecule has 0 spiro atoms. The lowest BCUT2D eigenvalue weighted by Gasteiger charge is -2.33. The van der Waals surface area contributed by atoms with Crippen LogP contribution < -0.4 is 16.0 Å². The Balaban J connectivity index is 1.36. The van der Waals surface area contributed by atoms with Crippen LogP contribution in [-0.4, -0.2) is 101 Å². The third-order valence-corrected chi connectivity index (χ3v) is 11.1. The zero-order valence-corrected chi connectivity index (χ0v) is 31.0. The minimum atomic E-state index is -0.695. The number of nitrogens with zero attached hydrogens (tertiary/aromatic N) is 3. The molecule has 6 atom stereocenters. The number of rotatable bonds is 15. The molecule has 0 aromatic carbocycles. The zero-order chi connectivity index (χ0) is 37.7. The number of carbonyl (C=O) groups is 8. The summed E-state index contributed by atoms with van der Waals surface area (Å²) in [5, 5.41) is 8.50. The van der Waals surface area contributed by atoms with Crippen LogP contribution in [0.3, 0.4) is 0 Å². The van der Waals surface area contributed by atoms with E-state index < -0.39 is 17.8 Å². The molecule has 14 nitrogen and oxygen atoms in total. The Kier molecular flexibility index (Phi) is 13.2. The molecule has 1 saturated carbocycles. The SMILES string of the molecule is C=C1CC(C(C)C)C(=O)N1CCNC(=O)C1C[C@@H](C(=O)NCCN2C(=O)CC(C(C)C)C2=O)C[C@@H](C(=O)NCCN2C(=O)CC(C(C)C)C2=O)C1. The van der Waals surface area contributed by atoms with Crippen molar-refractivity contribution in [2.24, 2.45) is 53.3 Å². The van der Waals surface area contributed by atoms with Gasteiger partial charge in [0.2, 0.25) is 47.3 Å². The van der Waals surface area contributed by atoms with Crippen molar-refractivity contribution in [3.63, 3.8) is 0 Å². The van der Waals surface area contributed by atoms with Crippen LogP contribution in [0.1, 0.15) is 80.1 Å². The number of allylic oxidation sites excluding steroid dienone is 1. The van der Waals surface area contributed by atoms with Gasteiger partial charge in [0.15, 0.2) is 0 Å². The smallest absolute Gasteiger partial charge is 0.233 e. The maximum atomic E-state index is 13.5. The second kappa shape index (κ2) is 16.9. The van der Waals surface area contributed by atoms with Crippen molar-refractivity contribution in [2.75, 3.05) is 39.3 Å². The summed E-state index contributed by atoms with van der Waals surface area (Å²) in [5.41, 5.74) is 0.716. The first-order valence-electron chi connectivity index (χ1n) is 18.5. The fourth-order valence-electron chi connectivity index (χ4n) is 7.79. The van der Waals surface area contributed by atoms with Gasteiger partial charge >= 0.3 is 0 Å². The third kappa shape index (κ3) is 9.23. The van der Waals surface area contributed by atoms with E-state index in [9.17, 15) is 38.4 Å². The number of likely N-dealkylation sites (tertiary alicyclic amines) is 3. The van der Waals surface area contributed by atoms with Crippen molar-refractivity contribution in [3.05, 3.63) is 12.3 Å². The van der Waals surface area contributed by atoms with Gasteiger partial charge < -0.3 is 20.9 Å². The molecule has 14 heteroatoms. The Morgan fingerprint density at radius 3 is 1.14 bits per heavy atom. The third-order valence-electron chi connectivity index (χ3n) is 11.1. The molecule has 1 aliphatic carbocycles. The molecule has 4 unspecified atom stereocenters. The molecule has 3 N–H and O–H groups in total. The van der Waals surface area contributed by atoms with Crippen molar-refractivity contribution in [3.8, 4) is 0 Å². The summed E-state index contributed by atoms with van der Waals surface area (Å²) in [6, 6.07) is 0. The molecular weight excluding hydrogens is 656 g/mol. The predicted octanol–water partition coefficient (Wildman–Crippen LogP) is 1.45. The Bertz CT molecular complexity index is 1250. The maximum absolute atomic E-state index is 13.5. The Labute approximate surface area is 300 Å². The normalized spacial score (nSPS) is 27.1. The van der Waals surface area contributed by atoms with Gasteiger partial charge in [0.1, 0.15) is 0 Å². The molecule has 4 aliphatic rings. The first-order valence-corrected chi connectivity index (χ1v) is 18.5. The summed E-state index contributed by atoms with van der Waals surface area (Å²) >= 11 is 0. The van der Waals surface area contributed by atoms with Crippen molar-refractivity contribution < 1.29 is 38.4 Å². The number of hydrogen-bond acceptors (Lipinski definition) is 8. The van der Waals surface area contributed by atoms with E-state index in [0.29, 0.717) is 12.1 Å². The highest BCUT2D eigenvalue weighted by atomic mass is 16.2. The molecule has 51 heavy (non-hydrogen) atoms. The molecule has 282 valence electrons. The molecule has 8 amide bonds. The van der Waals surface area contributed by atoms with Crippen molar-refractivity contribution >= 4 is 47.3 Å². The lowest BCUT2D eigenvalue weighted by molar-refractivity contribution is -0.141. The monoisotopic (exact) mass is 712 g/mol. The highest BCUT2D eigenvalue weighted by Gasteiger charge is 2.43. The zero-order valence-electron chi connectivity index (χ0n) is 31.0. The van der Waals surface area contributed by atoms with Gasteiger partial charge in [-0.2, -0.15) is 0 Å². The summed E-state index contributed by atoms with van der Waals surface area (Å²) < 4.78 is 0. The molecule has 0 bridgehead atoms. The molecule has 4 fully saturated rings. The van der Waals surface area contributed by atoms with Gasteiger partial charge in [-0.15, -0.1) is 0 Å². The quantitative estimate of drug-likeness (QED) is 0.213. The van der Waals surface area contributed by atoms with Gasteiger partial charge in [-0.1, -0.05) is 48.1 Å². The number of nitrogens with one attached hydrogen (secondary N) is 3. The number of carbonyl (C=O) groups excluding carboxylic acids is 8. The van der Waals surface area contributed by atoms with Crippen molar-refractivity contribution in [2.45, 2.75) is 80.1 Å². The van der Waals surface area contributed by atoms with Crippen LogP contribution in [0.2, 0.25) is 0 Å². The van der Waals surface area contributed by atoms with E-state index in [2.05, 4.69) is 22.5 Å². The fourth-order valence-corrected chi connectivity index (χ4v) is 7.79. The van der Waals surface area contributed by atoms with Gasteiger partial charge in [0.05, 0.1) is 0 Å². The second-order valence-corrected chi connectivity index (χ2v) is 15.7. The van der Waals surface area contributed by atoms with Crippen LogP contribution in [0, 0.1) is 53.3 Å². The number of hydrogen-bond donors (Lipinski definition) is 3. The minimum Gasteiger partial charge on any atom is -0.354 e. The summed E-state index contributed by atoms with van der Waals surface area (Å²) in [4.78, 5) is 108. The number of amides is 8. The highest BCUT2D eigenvalue weighted by Crippen LogP contribution is 2.35. The average Bonchev–Trinajstić information content (AvgIpc) is 3.65. The topological polar surface area (TPSA) is 182 Å². The molecule has 0 aromatic heterocycles. The van der Waals surface area contributed by atoms with Crippen molar-refractivity contribution in [1.82, 2.24) is 30.7 Å². The van der Waals surface area contributed by atoms with E-state index in [0.717, 1.165) is 0 Å². The molecule has 0 radical (unpaired) electrons. The van der Waals surface area contributed by atoms with Gasteiger partial charge in [-0.3, -0.25) is 48.2 Å². The second-order valence-electron chi connectivity index (χ2n) is 15.7. The summed E-state index contributed by atoms with van der Waals surface area (Å²) in [6.45, 7) is 16.2. The lowest BCUT2D eigenvalue weighted by Crippen LogP contribution is -2.47. The van der Waals surface area contributed by atoms with Crippen LogP contribution in [-0.2, 0) is 38.4 Å². The van der Waals surface area contributed by atoms with E-state index in [1.165, 1.54) is 9.80 Å². The van der Waals surface area contributed by atoms with Crippen LogP contribution in [0.5, 0.6) is 0 Å². The van der Waals surface area contributed by atoms with E-state index in [4.69, 9.17) is 0 Å². The first-order chi connectivity index (χ1) is 24.0. The first kappa shape index (κ1) is 39.7. The summed E-state index contributed by atoms with van der Waals surface area (Å²) in [7, 11) is 0. The maximum Gasteiger partial charge on any atom is 0.233 e. The fraction of sp³-hybridized carbons (Fsp3) is 0.730. The van der Waals surface area contributed by atoms with Crippen molar-refractivity contribution in [1.29, 1.82) is 0 Å². The Morgan fingerprint density at radius 1 is 0.549 bits per heavy atom. The Morgan fingerprint density at radius 2 is 0.843 bits per heavy atom. The minimum absolute atomic E-state index is 0.00972. The van der Waals surface area contributed by atoms with Gasteiger partial charge in [-0.25, -0.2) is 0 Å². The van der Waals surface area contributed by atoms with Gasteiger partial charge in [0, 0.05) is 93.3 Å². The molecule has 0 aromatic rings. The van der Waals surface area contributed by atoms with Crippen LogP contribution in [0.25, 0.3) is 0 Å². The number of imide groups is 2. The Hall–Kier alpha value is -4.10. The molecular formula is C37H56N6O8. The largest absolute Gasteiger partial charge is 0.354 e. The van der Waals surface area contributed by atoms with Gasteiger partial charge in [0.25, 0.3) is 0 Å².